The summed E-state index contributed by atoms with van der Waals surface area (Å²) in [5.41, 5.74) is -0.410. The van der Waals surface area contributed by atoms with E-state index in [9.17, 15) is 22.4 Å². The van der Waals surface area contributed by atoms with Gasteiger partial charge in [0.25, 0.3) is 0 Å². The summed E-state index contributed by atoms with van der Waals surface area (Å²) in [6.45, 7) is 1.73. The Balaban J connectivity index is 1.16. The zero-order valence-electron chi connectivity index (χ0n) is 21.6. The molecule has 1 saturated heterocycles. The lowest BCUT2D eigenvalue weighted by Gasteiger charge is -2.45. The largest absolute Gasteiger partial charge is 0.416 e. The number of nitrogens with one attached hydrogen (secondary N) is 1. The highest BCUT2D eigenvalue weighted by Crippen LogP contribution is 2.54. The van der Waals surface area contributed by atoms with Crippen LogP contribution < -0.4 is 10.2 Å². The maximum atomic E-state index is 13.8. The molecule has 2 N–H and O–H groups in total. The molecule has 0 bridgehead atoms. The Hall–Kier alpha value is -2.76. The Morgan fingerprint density at radius 1 is 1.05 bits per heavy atom. The number of hydrogen-bond acceptors (Lipinski definition) is 6. The van der Waals surface area contributed by atoms with Crippen molar-refractivity contribution in [1.82, 2.24) is 15.2 Å². The molecule has 39 heavy (non-hydrogen) atoms. The maximum Gasteiger partial charge on any atom is 0.416 e. The number of likely N-dealkylation sites (tertiary alicyclic amines) is 1. The first kappa shape index (κ1) is 27.8. The second kappa shape index (κ2) is 11.4. The number of piperidine rings is 1. The quantitative estimate of drug-likeness (QED) is 0.243. The molecule has 1 aliphatic heterocycles. The molecule has 2 saturated carbocycles. The number of hydrogen-bond donors (Lipinski definition) is 2. The summed E-state index contributed by atoms with van der Waals surface area (Å²) in [5, 5.41) is 15.1. The van der Waals surface area contributed by atoms with Crippen LogP contribution in [0.15, 0.2) is 36.7 Å². The van der Waals surface area contributed by atoms with E-state index in [0.29, 0.717) is 29.7 Å². The van der Waals surface area contributed by atoms with Crippen molar-refractivity contribution in [1.29, 1.82) is 0 Å². The molecule has 3 aliphatic rings. The van der Waals surface area contributed by atoms with Crippen molar-refractivity contribution in [3.63, 3.8) is 0 Å². The van der Waals surface area contributed by atoms with Crippen molar-refractivity contribution >= 4 is 5.91 Å². The summed E-state index contributed by atoms with van der Waals surface area (Å²) in [6.07, 6.45) is 5.81. The van der Waals surface area contributed by atoms with Crippen molar-refractivity contribution in [3.05, 3.63) is 59.2 Å². The van der Waals surface area contributed by atoms with E-state index in [-0.39, 0.29) is 18.0 Å². The van der Waals surface area contributed by atoms with E-state index < -0.39 is 23.0 Å². The van der Waals surface area contributed by atoms with Crippen LogP contribution in [0, 0.1) is 17.2 Å². The van der Waals surface area contributed by atoms with Crippen LogP contribution >= 0.6 is 0 Å². The predicted molar refractivity (Wildman–Crippen MR) is 133 cm³/mol. The van der Waals surface area contributed by atoms with Gasteiger partial charge in [-0.3, -0.25) is 9.78 Å². The summed E-state index contributed by atoms with van der Waals surface area (Å²) >= 11 is 0. The standard InChI is InChI=1S/C28H33F4N3O4/c29-23-12-18(11-22(14-23)28(30,31)32)15-34-26(36)27(21-1-2-21)7-3-24(4-8-27)35-9-5-19(6-10-35)20-13-25(38-39-37)17-33-16-20/h11-14,16-17,19,21,24,37H,1-10,15H2,(H,34,36). The van der Waals surface area contributed by atoms with Gasteiger partial charge in [0.05, 0.1) is 17.2 Å². The van der Waals surface area contributed by atoms with Crippen LogP contribution in [-0.4, -0.2) is 40.2 Å². The van der Waals surface area contributed by atoms with Crippen molar-refractivity contribution in [2.45, 2.75) is 76.0 Å². The molecule has 2 heterocycles. The Morgan fingerprint density at radius 3 is 2.41 bits per heavy atom. The summed E-state index contributed by atoms with van der Waals surface area (Å²) in [4.78, 5) is 24.7. The number of carbonyl (C=O) groups is 1. The van der Waals surface area contributed by atoms with Crippen LogP contribution in [-0.2, 0) is 22.6 Å². The van der Waals surface area contributed by atoms with Gasteiger partial charge < -0.3 is 15.1 Å². The molecule has 0 atom stereocenters. The lowest BCUT2D eigenvalue weighted by atomic mass is 9.68. The van der Waals surface area contributed by atoms with Crippen LogP contribution in [0.1, 0.15) is 74.0 Å². The number of carbonyl (C=O) groups excluding carboxylic acids is 1. The second-order valence-electron chi connectivity index (χ2n) is 11.1. The molecule has 2 aromatic rings. The minimum absolute atomic E-state index is 0.106. The van der Waals surface area contributed by atoms with Gasteiger partial charge in [0, 0.05) is 18.8 Å². The van der Waals surface area contributed by atoms with Crippen molar-refractivity contribution in [2.75, 3.05) is 13.1 Å². The molecule has 0 radical (unpaired) electrons. The highest BCUT2D eigenvalue weighted by molar-refractivity contribution is 5.83. The predicted octanol–water partition coefficient (Wildman–Crippen LogP) is 5.86. The zero-order valence-corrected chi connectivity index (χ0v) is 21.6. The summed E-state index contributed by atoms with van der Waals surface area (Å²) < 4.78 is 53.0. The summed E-state index contributed by atoms with van der Waals surface area (Å²) in [7, 11) is 0. The van der Waals surface area contributed by atoms with Gasteiger partial charge >= 0.3 is 6.18 Å². The van der Waals surface area contributed by atoms with Gasteiger partial charge in [0.1, 0.15) is 5.82 Å². The van der Waals surface area contributed by atoms with Gasteiger partial charge in [0.15, 0.2) is 5.75 Å². The van der Waals surface area contributed by atoms with Crippen LogP contribution in [0.25, 0.3) is 0 Å². The van der Waals surface area contributed by atoms with E-state index in [2.05, 4.69) is 25.1 Å². The van der Waals surface area contributed by atoms with E-state index in [0.717, 1.165) is 82.2 Å². The number of halogens is 4. The van der Waals surface area contributed by atoms with E-state index in [1.54, 1.807) is 0 Å². The molecule has 0 spiro atoms. The molecule has 212 valence electrons. The Labute approximate surface area is 224 Å². The first-order chi connectivity index (χ1) is 18.7. The molecule has 7 nitrogen and oxygen atoms in total. The highest BCUT2D eigenvalue weighted by Gasteiger charge is 2.52. The summed E-state index contributed by atoms with van der Waals surface area (Å²) in [5.74, 6) is -0.116. The van der Waals surface area contributed by atoms with E-state index in [1.807, 2.05) is 12.3 Å². The normalized spacial score (nSPS) is 24.9. The number of pyridine rings is 1. The molecule has 1 aromatic heterocycles. The molecule has 11 heteroatoms. The van der Waals surface area contributed by atoms with Gasteiger partial charge in [-0.05, 0) is 117 Å². The zero-order chi connectivity index (χ0) is 27.6. The molecule has 1 amide bonds. The minimum atomic E-state index is -4.65. The maximum absolute atomic E-state index is 13.8. The smallest absolute Gasteiger partial charge is 0.352 e. The van der Waals surface area contributed by atoms with Gasteiger partial charge in [-0.2, -0.15) is 13.2 Å². The third-order valence-electron chi connectivity index (χ3n) is 8.78. The average molecular weight is 552 g/mol. The van der Waals surface area contributed by atoms with E-state index >= 15 is 0 Å². The fourth-order valence-electron chi connectivity index (χ4n) is 6.56. The lowest BCUT2D eigenvalue weighted by molar-refractivity contribution is -0.438. The minimum Gasteiger partial charge on any atom is -0.352 e. The molecule has 3 fully saturated rings. The van der Waals surface area contributed by atoms with Gasteiger partial charge in [-0.1, -0.05) is 0 Å². The number of aromatic nitrogens is 1. The van der Waals surface area contributed by atoms with Gasteiger partial charge in [0.2, 0.25) is 5.91 Å². The first-order valence-electron chi connectivity index (χ1n) is 13.5. The van der Waals surface area contributed by atoms with Crippen molar-refractivity contribution in [2.24, 2.45) is 11.3 Å². The molecule has 2 aliphatic carbocycles. The SMILES string of the molecule is O=C(NCc1cc(F)cc(C(F)(F)F)c1)C1(C2CC2)CCC(N2CCC(c3cncc(OOO)c3)CC2)CC1. The number of nitrogens with zero attached hydrogens (tertiary/aromatic N) is 2. The number of rotatable bonds is 8. The number of benzene rings is 1. The van der Waals surface area contributed by atoms with Crippen LogP contribution in [0.3, 0.4) is 0 Å². The Bertz CT molecular complexity index is 1160. The second-order valence-corrected chi connectivity index (χ2v) is 11.1. The number of alkyl halides is 3. The van der Waals surface area contributed by atoms with E-state index in [1.165, 1.54) is 6.20 Å². The first-order valence-corrected chi connectivity index (χ1v) is 13.5. The number of amides is 1. The summed E-state index contributed by atoms with van der Waals surface area (Å²) in [6, 6.07) is 4.61. The fraction of sp³-hybridized carbons (Fsp3) is 0.571. The average Bonchev–Trinajstić information content (AvgIpc) is 3.78. The molecule has 1 aromatic carbocycles. The third-order valence-corrected chi connectivity index (χ3v) is 8.78. The molecular formula is C28H33F4N3O4. The van der Waals surface area contributed by atoms with Crippen LogP contribution in [0.2, 0.25) is 0 Å². The van der Waals surface area contributed by atoms with Gasteiger partial charge in [-0.15, -0.1) is 0 Å². The van der Waals surface area contributed by atoms with Crippen LogP contribution in [0.5, 0.6) is 5.75 Å². The molecule has 0 unspecified atom stereocenters. The Morgan fingerprint density at radius 2 is 1.77 bits per heavy atom. The van der Waals surface area contributed by atoms with Crippen LogP contribution in [0.4, 0.5) is 17.6 Å². The molecular weight excluding hydrogens is 518 g/mol. The topological polar surface area (TPSA) is 83.9 Å². The lowest BCUT2D eigenvalue weighted by Crippen LogP contribution is -2.49. The third kappa shape index (κ3) is 6.36. The Kier molecular flexibility index (Phi) is 8.11. The van der Waals surface area contributed by atoms with E-state index in [4.69, 9.17) is 5.26 Å². The monoisotopic (exact) mass is 551 g/mol. The van der Waals surface area contributed by atoms with Crippen molar-refractivity contribution < 1.29 is 37.5 Å². The van der Waals surface area contributed by atoms with Gasteiger partial charge in [-0.25, -0.2) is 9.65 Å². The van der Waals surface area contributed by atoms with Crippen molar-refractivity contribution in [3.8, 4) is 5.75 Å². The highest BCUT2D eigenvalue weighted by atomic mass is 19.4. The fourth-order valence-corrected chi connectivity index (χ4v) is 6.56. The molecule has 5 rings (SSSR count).